The summed E-state index contributed by atoms with van der Waals surface area (Å²) in [6.45, 7) is 5.77. The second-order valence-electron chi connectivity index (χ2n) is 6.52. The molecule has 0 spiro atoms. The van der Waals surface area contributed by atoms with E-state index in [9.17, 15) is 9.59 Å². The molecule has 3 rings (SSSR count). The largest absolute Gasteiger partial charge is 0.350 e. The Bertz CT molecular complexity index is 753. The highest BCUT2D eigenvalue weighted by Gasteiger charge is 2.29. The molecule has 1 aromatic heterocycles. The highest BCUT2D eigenvalue weighted by Crippen LogP contribution is 2.20. The lowest BCUT2D eigenvalue weighted by Gasteiger charge is -2.31. The molecule has 2 heterocycles. The van der Waals surface area contributed by atoms with Gasteiger partial charge in [-0.2, -0.15) is 5.10 Å². The zero-order chi connectivity index (χ0) is 17.1. The highest BCUT2D eigenvalue weighted by molar-refractivity contribution is 5.85. The van der Waals surface area contributed by atoms with Crippen LogP contribution in [0, 0.1) is 12.8 Å². The number of rotatable bonds is 5. The summed E-state index contributed by atoms with van der Waals surface area (Å²) in [5, 5.41) is 11.3. The van der Waals surface area contributed by atoms with Gasteiger partial charge in [0.05, 0.1) is 23.7 Å². The molecule has 1 atom stereocenters. The second kappa shape index (κ2) is 7.03. The number of H-pyrrole nitrogens is 1. The van der Waals surface area contributed by atoms with Crippen LogP contribution in [0.1, 0.15) is 37.4 Å². The first kappa shape index (κ1) is 16.5. The SMILES string of the molecule is CCCN1C[C@H](C(=O)NCc2[nH]nc3ccc(C)cc23)CCC1=O. The van der Waals surface area contributed by atoms with Crippen molar-refractivity contribution >= 4 is 22.7 Å². The Balaban J connectivity index is 1.62. The summed E-state index contributed by atoms with van der Waals surface area (Å²) in [5.74, 6) is 0.0557. The third-order valence-corrected chi connectivity index (χ3v) is 4.59. The van der Waals surface area contributed by atoms with Crippen LogP contribution in [-0.4, -0.2) is 40.0 Å². The Morgan fingerprint density at radius 2 is 2.29 bits per heavy atom. The van der Waals surface area contributed by atoms with Gasteiger partial charge in [-0.25, -0.2) is 0 Å². The number of fused-ring (bicyclic) bond motifs is 1. The van der Waals surface area contributed by atoms with Gasteiger partial charge in [0, 0.05) is 24.9 Å². The van der Waals surface area contributed by atoms with Crippen LogP contribution < -0.4 is 5.32 Å². The standard InChI is InChI=1S/C18H24N4O2/c1-3-8-22-11-13(5-7-17(22)23)18(24)19-10-16-14-9-12(2)4-6-15(14)20-21-16/h4,6,9,13H,3,5,7-8,10-11H2,1-2H3,(H,19,24)(H,20,21)/t13-/m1/s1. The van der Waals surface area contributed by atoms with Crippen LogP contribution in [0.15, 0.2) is 18.2 Å². The van der Waals surface area contributed by atoms with Crippen molar-refractivity contribution in [2.75, 3.05) is 13.1 Å². The first-order chi connectivity index (χ1) is 11.6. The first-order valence-corrected chi connectivity index (χ1v) is 8.57. The van der Waals surface area contributed by atoms with Crippen molar-refractivity contribution in [3.8, 4) is 0 Å². The Morgan fingerprint density at radius 3 is 3.08 bits per heavy atom. The lowest BCUT2D eigenvalue weighted by Crippen LogP contribution is -2.45. The fourth-order valence-corrected chi connectivity index (χ4v) is 3.25. The summed E-state index contributed by atoms with van der Waals surface area (Å²) in [6, 6.07) is 6.07. The molecule has 24 heavy (non-hydrogen) atoms. The number of hydrogen-bond donors (Lipinski definition) is 2. The maximum Gasteiger partial charge on any atom is 0.225 e. The van der Waals surface area contributed by atoms with Gasteiger partial charge in [-0.3, -0.25) is 14.7 Å². The van der Waals surface area contributed by atoms with Gasteiger partial charge < -0.3 is 10.2 Å². The minimum absolute atomic E-state index is 0.0130. The monoisotopic (exact) mass is 328 g/mol. The van der Waals surface area contributed by atoms with Crippen molar-refractivity contribution in [2.24, 2.45) is 5.92 Å². The predicted octanol–water partition coefficient (Wildman–Crippen LogP) is 2.14. The Labute approximate surface area is 141 Å². The van der Waals surface area contributed by atoms with Gasteiger partial charge in [0.1, 0.15) is 0 Å². The minimum atomic E-state index is -0.120. The summed E-state index contributed by atoms with van der Waals surface area (Å²) < 4.78 is 0. The average Bonchev–Trinajstić information content (AvgIpc) is 2.97. The molecule has 0 unspecified atom stereocenters. The van der Waals surface area contributed by atoms with E-state index in [0.717, 1.165) is 35.1 Å². The van der Waals surface area contributed by atoms with Crippen LogP contribution in [0.25, 0.3) is 10.9 Å². The van der Waals surface area contributed by atoms with Gasteiger partial charge in [-0.15, -0.1) is 0 Å². The zero-order valence-electron chi connectivity index (χ0n) is 14.3. The van der Waals surface area contributed by atoms with Crippen molar-refractivity contribution < 1.29 is 9.59 Å². The Hall–Kier alpha value is -2.37. The minimum Gasteiger partial charge on any atom is -0.350 e. The summed E-state index contributed by atoms with van der Waals surface area (Å²) in [4.78, 5) is 26.1. The third-order valence-electron chi connectivity index (χ3n) is 4.59. The van der Waals surface area contributed by atoms with Gasteiger partial charge >= 0.3 is 0 Å². The number of carbonyl (C=O) groups excluding carboxylic acids is 2. The maximum absolute atomic E-state index is 12.5. The molecule has 1 aliphatic rings. The fraction of sp³-hybridized carbons (Fsp3) is 0.500. The van der Waals surface area contributed by atoms with Gasteiger partial charge in [0.25, 0.3) is 0 Å². The number of likely N-dealkylation sites (tertiary alicyclic amines) is 1. The zero-order valence-corrected chi connectivity index (χ0v) is 14.3. The van der Waals surface area contributed by atoms with Gasteiger partial charge in [-0.1, -0.05) is 18.6 Å². The molecule has 0 bridgehead atoms. The van der Waals surface area contributed by atoms with Crippen LogP contribution in [0.3, 0.4) is 0 Å². The van der Waals surface area contributed by atoms with Crippen molar-refractivity contribution in [1.29, 1.82) is 0 Å². The topological polar surface area (TPSA) is 78.1 Å². The van der Waals surface area contributed by atoms with E-state index < -0.39 is 0 Å². The summed E-state index contributed by atoms with van der Waals surface area (Å²) in [6.07, 6.45) is 2.01. The first-order valence-electron chi connectivity index (χ1n) is 8.57. The maximum atomic E-state index is 12.5. The summed E-state index contributed by atoms with van der Waals surface area (Å²) in [5.41, 5.74) is 2.99. The average molecular weight is 328 g/mol. The molecule has 1 aliphatic heterocycles. The van der Waals surface area contributed by atoms with Gasteiger partial charge in [-0.05, 0) is 31.9 Å². The molecule has 0 radical (unpaired) electrons. The van der Waals surface area contributed by atoms with Crippen LogP contribution in [0.2, 0.25) is 0 Å². The molecule has 0 aliphatic carbocycles. The van der Waals surface area contributed by atoms with E-state index in [1.54, 1.807) is 0 Å². The van der Waals surface area contributed by atoms with E-state index in [1.807, 2.05) is 30.9 Å². The number of aromatic amines is 1. The molecule has 6 nitrogen and oxygen atoms in total. The molecule has 1 fully saturated rings. The molecule has 2 amide bonds. The van der Waals surface area contributed by atoms with E-state index in [-0.39, 0.29) is 17.7 Å². The lowest BCUT2D eigenvalue weighted by molar-refractivity contribution is -0.138. The van der Waals surface area contributed by atoms with E-state index in [2.05, 4.69) is 21.6 Å². The third kappa shape index (κ3) is 3.42. The van der Waals surface area contributed by atoms with Gasteiger partial charge in [0.2, 0.25) is 11.8 Å². The molecule has 6 heteroatoms. The van der Waals surface area contributed by atoms with E-state index in [1.165, 1.54) is 0 Å². The van der Waals surface area contributed by atoms with Crippen molar-refractivity contribution in [2.45, 2.75) is 39.7 Å². The van der Waals surface area contributed by atoms with E-state index in [4.69, 9.17) is 0 Å². The van der Waals surface area contributed by atoms with Crippen molar-refractivity contribution in [1.82, 2.24) is 20.4 Å². The number of aromatic nitrogens is 2. The molecule has 2 N–H and O–H groups in total. The molecular formula is C18H24N4O2. The number of nitrogens with zero attached hydrogens (tertiary/aromatic N) is 2. The number of carbonyl (C=O) groups is 2. The highest BCUT2D eigenvalue weighted by atomic mass is 16.2. The van der Waals surface area contributed by atoms with Crippen molar-refractivity contribution in [3.05, 3.63) is 29.5 Å². The molecular weight excluding hydrogens is 304 g/mol. The number of nitrogens with one attached hydrogen (secondary N) is 2. The Kier molecular flexibility index (Phi) is 4.83. The molecule has 1 aromatic carbocycles. The molecule has 0 saturated carbocycles. The van der Waals surface area contributed by atoms with Crippen LogP contribution >= 0.6 is 0 Å². The number of amides is 2. The molecule has 1 saturated heterocycles. The summed E-state index contributed by atoms with van der Waals surface area (Å²) in [7, 11) is 0. The number of hydrogen-bond acceptors (Lipinski definition) is 3. The van der Waals surface area contributed by atoms with Gasteiger partial charge in [0.15, 0.2) is 0 Å². The van der Waals surface area contributed by atoms with E-state index in [0.29, 0.717) is 25.9 Å². The number of aryl methyl sites for hydroxylation is 1. The predicted molar refractivity (Wildman–Crippen MR) is 92.3 cm³/mol. The smallest absolute Gasteiger partial charge is 0.225 e. The fourth-order valence-electron chi connectivity index (χ4n) is 3.25. The number of benzene rings is 1. The molecule has 2 aromatic rings. The van der Waals surface area contributed by atoms with Crippen LogP contribution in [-0.2, 0) is 16.1 Å². The van der Waals surface area contributed by atoms with Crippen LogP contribution in [0.5, 0.6) is 0 Å². The molecule has 128 valence electrons. The Morgan fingerprint density at radius 1 is 1.46 bits per heavy atom. The summed E-state index contributed by atoms with van der Waals surface area (Å²) >= 11 is 0. The second-order valence-corrected chi connectivity index (χ2v) is 6.52. The normalized spacial score (nSPS) is 18.2. The van der Waals surface area contributed by atoms with Crippen molar-refractivity contribution in [3.63, 3.8) is 0 Å². The lowest BCUT2D eigenvalue weighted by atomic mass is 9.96. The van der Waals surface area contributed by atoms with Crippen LogP contribution in [0.4, 0.5) is 0 Å². The number of piperidine rings is 1. The quantitative estimate of drug-likeness (QED) is 0.882. The van der Waals surface area contributed by atoms with E-state index >= 15 is 0 Å².